The van der Waals surface area contributed by atoms with E-state index in [9.17, 15) is 9.59 Å². The number of benzene rings is 1. The van der Waals surface area contributed by atoms with Gasteiger partial charge in [0, 0.05) is 40.0 Å². The molecule has 0 fully saturated rings. The van der Waals surface area contributed by atoms with Crippen molar-refractivity contribution in [3.8, 4) is 21.8 Å². The van der Waals surface area contributed by atoms with Gasteiger partial charge in [-0.05, 0) is 25.1 Å². The molecule has 0 spiro atoms. The Morgan fingerprint density at radius 2 is 2.03 bits per heavy atom. The van der Waals surface area contributed by atoms with E-state index in [4.69, 9.17) is 20.8 Å². The molecular formula is C21H15ClN2O4S. The van der Waals surface area contributed by atoms with Crippen LogP contribution >= 0.6 is 22.9 Å². The highest BCUT2D eigenvalue weighted by Gasteiger charge is 2.16. The molecule has 0 radical (unpaired) electrons. The number of aromatic nitrogens is 2. The summed E-state index contributed by atoms with van der Waals surface area (Å²) in [4.78, 5) is 32.6. The van der Waals surface area contributed by atoms with Gasteiger partial charge in [-0.25, -0.2) is 9.78 Å². The molecule has 146 valence electrons. The second-order valence-electron chi connectivity index (χ2n) is 6.38. The lowest BCUT2D eigenvalue weighted by Gasteiger charge is -2.08. The number of carbonyl (C=O) groups excluding carboxylic acids is 1. The molecule has 0 N–H and O–H groups in total. The number of thiazole rings is 1. The Morgan fingerprint density at radius 3 is 2.76 bits per heavy atom. The van der Waals surface area contributed by atoms with E-state index in [2.05, 4.69) is 9.97 Å². The van der Waals surface area contributed by atoms with Crippen molar-refractivity contribution in [2.75, 3.05) is 0 Å². The summed E-state index contributed by atoms with van der Waals surface area (Å²) >= 11 is 7.29. The molecule has 4 rings (SSSR count). The fraction of sp³-hybridized carbons (Fsp3) is 0.143. The van der Waals surface area contributed by atoms with Crippen LogP contribution in [0.4, 0.5) is 0 Å². The Kier molecular flexibility index (Phi) is 5.17. The second kappa shape index (κ2) is 7.77. The number of pyridine rings is 1. The van der Waals surface area contributed by atoms with Gasteiger partial charge < -0.3 is 9.15 Å². The minimum atomic E-state index is -0.496. The smallest absolute Gasteiger partial charge is 0.346 e. The monoisotopic (exact) mass is 426 g/mol. The van der Waals surface area contributed by atoms with E-state index in [1.165, 1.54) is 18.3 Å². The van der Waals surface area contributed by atoms with Gasteiger partial charge in [0.15, 0.2) is 5.58 Å². The lowest BCUT2D eigenvalue weighted by Crippen LogP contribution is -2.06. The van der Waals surface area contributed by atoms with Crippen LogP contribution in [0.1, 0.15) is 18.2 Å². The molecule has 0 bridgehead atoms. The topological polar surface area (TPSA) is 82.3 Å². The van der Waals surface area contributed by atoms with Gasteiger partial charge in [0.1, 0.15) is 11.6 Å². The van der Waals surface area contributed by atoms with Crippen LogP contribution in [0.2, 0.25) is 5.02 Å². The third-order valence-electron chi connectivity index (χ3n) is 4.34. The van der Waals surface area contributed by atoms with Crippen molar-refractivity contribution in [2.24, 2.45) is 0 Å². The number of ether oxygens (including phenoxy) is 1. The van der Waals surface area contributed by atoms with Crippen molar-refractivity contribution in [3.63, 3.8) is 0 Å². The summed E-state index contributed by atoms with van der Waals surface area (Å²) in [6, 6.07) is 9.04. The molecule has 1 aromatic carbocycles. The lowest BCUT2D eigenvalue weighted by atomic mass is 10.1. The molecule has 0 saturated heterocycles. The van der Waals surface area contributed by atoms with Gasteiger partial charge in [-0.2, -0.15) is 0 Å². The second-order valence-corrected chi connectivity index (χ2v) is 7.68. The van der Waals surface area contributed by atoms with Crippen LogP contribution in [-0.2, 0) is 16.1 Å². The zero-order chi connectivity index (χ0) is 20.5. The molecule has 0 aliphatic carbocycles. The predicted octanol–water partition coefficient (Wildman–Crippen LogP) is 5.00. The number of nitrogens with zero attached hydrogens (tertiary/aromatic N) is 2. The SMILES string of the molecule is CC(=O)OCc1cnc(C)c2oc(=O)c(-c3nc(-c4ccc(Cl)cc4)cs3)cc12. The number of halogens is 1. The summed E-state index contributed by atoms with van der Waals surface area (Å²) in [5.74, 6) is -0.399. The summed E-state index contributed by atoms with van der Waals surface area (Å²) < 4.78 is 10.6. The number of carbonyl (C=O) groups is 1. The molecule has 0 unspecified atom stereocenters. The maximum absolute atomic E-state index is 12.6. The normalized spacial score (nSPS) is 11.0. The van der Waals surface area contributed by atoms with E-state index < -0.39 is 11.6 Å². The summed E-state index contributed by atoms with van der Waals surface area (Å²) in [5.41, 5.74) is 3.10. The third kappa shape index (κ3) is 3.92. The molecule has 3 heterocycles. The van der Waals surface area contributed by atoms with Crippen LogP contribution < -0.4 is 5.63 Å². The Hall–Kier alpha value is -3.03. The maximum Gasteiger partial charge on any atom is 0.346 e. The van der Waals surface area contributed by atoms with Crippen LogP contribution in [0.15, 0.2) is 51.1 Å². The number of fused-ring (bicyclic) bond motifs is 1. The van der Waals surface area contributed by atoms with E-state index in [-0.39, 0.29) is 6.61 Å². The Balaban J connectivity index is 1.81. The zero-order valence-electron chi connectivity index (χ0n) is 15.6. The Morgan fingerprint density at radius 1 is 1.28 bits per heavy atom. The first-order valence-electron chi connectivity index (χ1n) is 8.70. The van der Waals surface area contributed by atoms with Crippen molar-refractivity contribution in [1.82, 2.24) is 9.97 Å². The van der Waals surface area contributed by atoms with Crippen molar-refractivity contribution >= 4 is 39.9 Å². The van der Waals surface area contributed by atoms with Crippen molar-refractivity contribution in [1.29, 1.82) is 0 Å². The Bertz CT molecular complexity index is 1280. The third-order valence-corrected chi connectivity index (χ3v) is 5.47. The average Bonchev–Trinajstić information content (AvgIpc) is 3.18. The molecule has 4 aromatic rings. The molecule has 3 aromatic heterocycles. The van der Waals surface area contributed by atoms with Crippen molar-refractivity contribution < 1.29 is 13.9 Å². The number of rotatable bonds is 4. The molecule has 0 saturated carbocycles. The van der Waals surface area contributed by atoms with Gasteiger partial charge >= 0.3 is 11.6 Å². The minimum Gasteiger partial charge on any atom is -0.461 e. The largest absolute Gasteiger partial charge is 0.461 e. The van der Waals surface area contributed by atoms with E-state index in [0.29, 0.717) is 37.8 Å². The van der Waals surface area contributed by atoms with Gasteiger partial charge in [-0.1, -0.05) is 23.7 Å². The standard InChI is InChI=1S/C21H15ClN2O4S/c1-11-19-16(14(8-23-11)9-27-12(2)25)7-17(21(26)28-19)20-24-18(10-29-20)13-3-5-15(22)6-4-13/h3-8,10H,9H2,1-2H3. The van der Waals surface area contributed by atoms with Gasteiger partial charge in [0.25, 0.3) is 0 Å². The molecule has 8 heteroatoms. The first-order chi connectivity index (χ1) is 13.9. The summed E-state index contributed by atoms with van der Waals surface area (Å²) in [7, 11) is 0. The first kappa shape index (κ1) is 19.3. The fourth-order valence-electron chi connectivity index (χ4n) is 2.88. The zero-order valence-corrected chi connectivity index (χ0v) is 17.1. The number of aryl methyl sites for hydroxylation is 1. The quantitative estimate of drug-likeness (QED) is 0.427. The van der Waals surface area contributed by atoms with Gasteiger partial charge in [0.05, 0.1) is 17.0 Å². The highest BCUT2D eigenvalue weighted by Crippen LogP contribution is 2.30. The van der Waals surface area contributed by atoms with E-state index in [1.54, 1.807) is 31.3 Å². The van der Waals surface area contributed by atoms with Crippen LogP contribution in [0, 0.1) is 6.92 Å². The molecule has 0 aliphatic heterocycles. The molecular weight excluding hydrogens is 412 g/mol. The maximum atomic E-state index is 12.6. The summed E-state index contributed by atoms with van der Waals surface area (Å²) in [6.07, 6.45) is 1.62. The highest BCUT2D eigenvalue weighted by molar-refractivity contribution is 7.13. The van der Waals surface area contributed by atoms with E-state index >= 15 is 0 Å². The highest BCUT2D eigenvalue weighted by atomic mass is 35.5. The average molecular weight is 427 g/mol. The van der Waals surface area contributed by atoms with Crippen LogP contribution in [0.3, 0.4) is 0 Å². The van der Waals surface area contributed by atoms with Crippen molar-refractivity contribution in [3.05, 3.63) is 68.6 Å². The van der Waals surface area contributed by atoms with Crippen molar-refractivity contribution in [2.45, 2.75) is 20.5 Å². The number of hydrogen-bond donors (Lipinski definition) is 0. The predicted molar refractivity (Wildman–Crippen MR) is 112 cm³/mol. The number of esters is 1. The summed E-state index contributed by atoms with van der Waals surface area (Å²) in [6.45, 7) is 3.13. The lowest BCUT2D eigenvalue weighted by molar-refractivity contribution is -0.142. The van der Waals surface area contributed by atoms with Crippen LogP contribution in [0.5, 0.6) is 0 Å². The number of hydrogen-bond acceptors (Lipinski definition) is 7. The minimum absolute atomic E-state index is 0.0418. The fourth-order valence-corrected chi connectivity index (χ4v) is 3.83. The first-order valence-corrected chi connectivity index (χ1v) is 9.95. The van der Waals surface area contributed by atoms with Crippen LogP contribution in [0.25, 0.3) is 32.8 Å². The van der Waals surface area contributed by atoms with Crippen LogP contribution in [-0.4, -0.2) is 15.9 Å². The molecule has 0 amide bonds. The van der Waals surface area contributed by atoms with E-state index in [1.807, 2.05) is 17.5 Å². The molecule has 29 heavy (non-hydrogen) atoms. The molecule has 0 aliphatic rings. The molecule has 6 nitrogen and oxygen atoms in total. The summed E-state index contributed by atoms with van der Waals surface area (Å²) in [5, 5.41) is 3.72. The van der Waals surface area contributed by atoms with Gasteiger partial charge in [-0.3, -0.25) is 9.78 Å². The van der Waals surface area contributed by atoms with Gasteiger partial charge in [0.2, 0.25) is 0 Å². The van der Waals surface area contributed by atoms with E-state index in [0.717, 1.165) is 11.3 Å². The molecule has 0 atom stereocenters. The Labute approximate surface area is 174 Å². The van der Waals surface area contributed by atoms with Gasteiger partial charge in [-0.15, -0.1) is 11.3 Å².